The van der Waals surface area contributed by atoms with Crippen LogP contribution in [0.1, 0.15) is 32.6 Å². The van der Waals surface area contributed by atoms with Gasteiger partial charge >= 0.3 is 0 Å². The molecule has 2 saturated heterocycles. The summed E-state index contributed by atoms with van der Waals surface area (Å²) in [5, 5.41) is 3.04. The fourth-order valence-electron chi connectivity index (χ4n) is 3.86. The summed E-state index contributed by atoms with van der Waals surface area (Å²) < 4.78 is 0. The van der Waals surface area contributed by atoms with Crippen LogP contribution in [0.2, 0.25) is 0 Å². The van der Waals surface area contributed by atoms with Crippen molar-refractivity contribution in [1.29, 1.82) is 0 Å². The molecule has 0 radical (unpaired) electrons. The topological polar surface area (TPSA) is 52.7 Å². The molecule has 148 valence electrons. The smallest absolute Gasteiger partial charge is 0.227 e. The predicted octanol–water partition coefficient (Wildman–Crippen LogP) is 3.00. The molecule has 0 unspecified atom stereocenters. The van der Waals surface area contributed by atoms with E-state index < -0.39 is 0 Å². The Hall–Kier alpha value is -1.53. The van der Waals surface area contributed by atoms with Gasteiger partial charge in [0, 0.05) is 30.1 Å². The Morgan fingerprint density at radius 3 is 2.81 bits per heavy atom. The third-order valence-electron chi connectivity index (χ3n) is 5.69. The van der Waals surface area contributed by atoms with Crippen LogP contribution in [-0.2, 0) is 9.59 Å². The number of hydrogen-bond donors (Lipinski definition) is 1. The van der Waals surface area contributed by atoms with Gasteiger partial charge in [-0.3, -0.25) is 9.59 Å². The molecule has 0 saturated carbocycles. The molecule has 2 fully saturated rings. The molecule has 0 bridgehead atoms. The lowest BCUT2D eigenvalue weighted by molar-refractivity contribution is -0.126. The molecule has 0 aliphatic carbocycles. The van der Waals surface area contributed by atoms with Crippen molar-refractivity contribution in [2.45, 2.75) is 37.5 Å². The number of piperidine rings is 1. The third-order valence-corrected chi connectivity index (χ3v) is 6.41. The van der Waals surface area contributed by atoms with Gasteiger partial charge in [-0.05, 0) is 69.3 Å². The van der Waals surface area contributed by atoms with E-state index in [0.29, 0.717) is 19.5 Å². The molecule has 1 aromatic carbocycles. The summed E-state index contributed by atoms with van der Waals surface area (Å²) in [6.07, 6.45) is 5.86. The van der Waals surface area contributed by atoms with Crippen LogP contribution in [0.4, 0.5) is 5.69 Å². The number of carbonyl (C=O) groups is 2. The number of likely N-dealkylation sites (tertiary alicyclic amines) is 1. The molecular weight excluding hydrogens is 358 g/mol. The normalized spacial score (nSPS) is 21.6. The summed E-state index contributed by atoms with van der Waals surface area (Å²) in [4.78, 5) is 30.2. The molecule has 6 heteroatoms. The summed E-state index contributed by atoms with van der Waals surface area (Å²) in [6, 6.07) is 7.95. The van der Waals surface area contributed by atoms with E-state index in [4.69, 9.17) is 0 Å². The SMILES string of the molecule is CSc1cccc(N2C[C@@H](C(=O)NCCCN3CCC(C)CC3)CC2=O)c1. The van der Waals surface area contributed by atoms with Gasteiger partial charge in [0.2, 0.25) is 11.8 Å². The Labute approximate surface area is 166 Å². The number of nitrogens with zero attached hydrogens (tertiary/aromatic N) is 2. The summed E-state index contributed by atoms with van der Waals surface area (Å²) in [7, 11) is 0. The average molecular weight is 390 g/mol. The lowest BCUT2D eigenvalue weighted by Gasteiger charge is -2.30. The van der Waals surface area contributed by atoms with Crippen molar-refractivity contribution in [3.63, 3.8) is 0 Å². The Morgan fingerprint density at radius 1 is 1.30 bits per heavy atom. The molecule has 5 nitrogen and oxygen atoms in total. The Bertz CT molecular complexity index is 659. The zero-order chi connectivity index (χ0) is 19.2. The van der Waals surface area contributed by atoms with Crippen LogP contribution < -0.4 is 10.2 Å². The van der Waals surface area contributed by atoms with Gasteiger partial charge in [0.25, 0.3) is 0 Å². The number of nitrogens with one attached hydrogen (secondary N) is 1. The monoisotopic (exact) mass is 389 g/mol. The van der Waals surface area contributed by atoms with Gasteiger partial charge in [-0.15, -0.1) is 11.8 Å². The van der Waals surface area contributed by atoms with Crippen LogP contribution in [0.15, 0.2) is 29.2 Å². The number of hydrogen-bond acceptors (Lipinski definition) is 4. The summed E-state index contributed by atoms with van der Waals surface area (Å²) in [5.41, 5.74) is 0.890. The molecule has 0 spiro atoms. The van der Waals surface area contributed by atoms with Crippen molar-refractivity contribution >= 4 is 29.3 Å². The summed E-state index contributed by atoms with van der Waals surface area (Å²) in [5.74, 6) is 0.654. The second-order valence-electron chi connectivity index (χ2n) is 7.78. The van der Waals surface area contributed by atoms with Crippen LogP contribution >= 0.6 is 11.8 Å². The van der Waals surface area contributed by atoms with Crippen LogP contribution in [0, 0.1) is 11.8 Å². The number of thioether (sulfide) groups is 1. The van der Waals surface area contributed by atoms with Crippen molar-refractivity contribution < 1.29 is 9.59 Å². The van der Waals surface area contributed by atoms with Crippen molar-refractivity contribution in [2.75, 3.05) is 43.9 Å². The minimum atomic E-state index is -0.244. The maximum Gasteiger partial charge on any atom is 0.227 e. The molecule has 2 heterocycles. The molecule has 1 N–H and O–H groups in total. The molecule has 0 aromatic heterocycles. The second kappa shape index (κ2) is 9.60. The predicted molar refractivity (Wildman–Crippen MR) is 111 cm³/mol. The highest BCUT2D eigenvalue weighted by Crippen LogP contribution is 2.28. The number of benzene rings is 1. The van der Waals surface area contributed by atoms with E-state index in [1.165, 1.54) is 25.9 Å². The minimum Gasteiger partial charge on any atom is -0.356 e. The van der Waals surface area contributed by atoms with Crippen molar-refractivity contribution in [2.24, 2.45) is 11.8 Å². The largest absolute Gasteiger partial charge is 0.356 e. The highest BCUT2D eigenvalue weighted by Gasteiger charge is 2.35. The second-order valence-corrected chi connectivity index (χ2v) is 8.66. The van der Waals surface area contributed by atoms with Gasteiger partial charge in [0.1, 0.15) is 0 Å². The molecule has 1 aromatic rings. The Kier molecular flexibility index (Phi) is 7.19. The first-order chi connectivity index (χ1) is 13.1. The van der Waals surface area contributed by atoms with Gasteiger partial charge in [-0.2, -0.15) is 0 Å². The molecular formula is C21H31N3O2S. The first-order valence-corrected chi connectivity index (χ1v) is 11.2. The average Bonchev–Trinajstić information content (AvgIpc) is 3.08. The first kappa shape index (κ1) is 20.2. The number of carbonyl (C=O) groups excluding carboxylic acids is 2. The zero-order valence-corrected chi connectivity index (χ0v) is 17.3. The molecule has 2 aliphatic rings. The fourth-order valence-corrected chi connectivity index (χ4v) is 4.31. The van der Waals surface area contributed by atoms with Crippen molar-refractivity contribution in [1.82, 2.24) is 10.2 Å². The molecule has 3 rings (SSSR count). The third kappa shape index (κ3) is 5.48. The van der Waals surface area contributed by atoms with E-state index in [9.17, 15) is 9.59 Å². The quantitative estimate of drug-likeness (QED) is 0.575. The van der Waals surface area contributed by atoms with Crippen molar-refractivity contribution in [3.8, 4) is 0 Å². The van der Waals surface area contributed by atoms with Gasteiger partial charge < -0.3 is 15.1 Å². The molecule has 2 amide bonds. The Balaban J connectivity index is 1.42. The first-order valence-electron chi connectivity index (χ1n) is 10.0. The van der Waals surface area contributed by atoms with Gasteiger partial charge in [0.15, 0.2) is 0 Å². The van der Waals surface area contributed by atoms with E-state index in [-0.39, 0.29) is 17.7 Å². The highest BCUT2D eigenvalue weighted by molar-refractivity contribution is 7.98. The summed E-state index contributed by atoms with van der Waals surface area (Å²) in [6.45, 7) is 6.89. The Morgan fingerprint density at radius 2 is 2.07 bits per heavy atom. The molecule has 27 heavy (non-hydrogen) atoms. The maximum atomic E-state index is 12.5. The van der Waals surface area contributed by atoms with E-state index in [2.05, 4.69) is 17.1 Å². The standard InChI is InChI=1S/C21H31N3O2S/c1-16-7-11-23(12-8-16)10-4-9-22-21(26)17-13-20(25)24(15-17)18-5-3-6-19(14-18)27-2/h3,5-6,14,16-17H,4,7-13,15H2,1-2H3,(H,22,26)/t17-/m0/s1. The minimum absolute atomic E-state index is 0.0131. The fraction of sp³-hybridized carbons (Fsp3) is 0.619. The lowest BCUT2D eigenvalue weighted by atomic mass is 9.99. The van der Waals surface area contributed by atoms with Gasteiger partial charge in [0.05, 0.1) is 5.92 Å². The van der Waals surface area contributed by atoms with Crippen molar-refractivity contribution in [3.05, 3.63) is 24.3 Å². The van der Waals surface area contributed by atoms with Gasteiger partial charge in [-0.25, -0.2) is 0 Å². The zero-order valence-electron chi connectivity index (χ0n) is 16.4. The number of amides is 2. The number of rotatable bonds is 7. The lowest BCUT2D eigenvalue weighted by Crippen LogP contribution is -2.37. The van der Waals surface area contributed by atoms with E-state index in [1.54, 1.807) is 16.7 Å². The molecule has 1 atom stereocenters. The van der Waals surface area contributed by atoms with E-state index >= 15 is 0 Å². The van der Waals surface area contributed by atoms with Crippen LogP contribution in [0.25, 0.3) is 0 Å². The van der Waals surface area contributed by atoms with E-state index in [1.807, 2.05) is 30.5 Å². The van der Waals surface area contributed by atoms with Crippen LogP contribution in [0.5, 0.6) is 0 Å². The maximum absolute atomic E-state index is 12.5. The van der Waals surface area contributed by atoms with Gasteiger partial charge in [-0.1, -0.05) is 13.0 Å². The molecule has 2 aliphatic heterocycles. The van der Waals surface area contributed by atoms with Crippen LogP contribution in [0.3, 0.4) is 0 Å². The number of anilines is 1. The summed E-state index contributed by atoms with van der Waals surface area (Å²) >= 11 is 1.65. The highest BCUT2D eigenvalue weighted by atomic mass is 32.2. The van der Waals surface area contributed by atoms with E-state index in [0.717, 1.165) is 29.5 Å². The van der Waals surface area contributed by atoms with Crippen LogP contribution in [-0.4, -0.2) is 55.7 Å².